The lowest BCUT2D eigenvalue weighted by Crippen LogP contribution is -2.64. The Bertz CT molecular complexity index is 926. The third-order valence-electron chi connectivity index (χ3n) is 10.7. The number of phosphoric ester groups is 1. The van der Waals surface area contributed by atoms with E-state index in [4.69, 9.17) is 18.5 Å². The quantitative estimate of drug-likeness (QED) is 0.0198. The van der Waals surface area contributed by atoms with Crippen LogP contribution in [0.4, 0.5) is 0 Å². The van der Waals surface area contributed by atoms with Crippen molar-refractivity contribution in [3.05, 3.63) is 0 Å². The first-order valence-electron chi connectivity index (χ1n) is 22.4. The Labute approximate surface area is 334 Å². The van der Waals surface area contributed by atoms with Gasteiger partial charge in [0.1, 0.15) is 42.7 Å². The molecule has 6 unspecified atom stereocenters. The molecule has 0 radical (unpaired) electrons. The van der Waals surface area contributed by atoms with Crippen LogP contribution < -0.4 is 0 Å². The molecule has 0 saturated heterocycles. The minimum Gasteiger partial charge on any atom is -0.457 e. The minimum atomic E-state index is -5.01. The molecule has 1 aliphatic carbocycles. The van der Waals surface area contributed by atoms with Crippen LogP contribution in [0.1, 0.15) is 200 Å². The highest BCUT2D eigenvalue weighted by Crippen LogP contribution is 2.47. The van der Waals surface area contributed by atoms with Crippen molar-refractivity contribution >= 4 is 13.8 Å². The lowest BCUT2D eigenvalue weighted by molar-refractivity contribution is -0.220. The molecule has 0 spiro atoms. The molecule has 6 N–H and O–H groups in total. The average Bonchev–Trinajstić information content (AvgIpc) is 3.17. The first kappa shape index (κ1) is 52.4. The number of rotatable bonds is 38. The molecule has 0 aliphatic heterocycles. The third-order valence-corrected chi connectivity index (χ3v) is 11.7. The summed E-state index contributed by atoms with van der Waals surface area (Å²) in [6, 6.07) is 0. The Morgan fingerprint density at radius 1 is 0.509 bits per heavy atom. The maximum absolute atomic E-state index is 12.8. The summed E-state index contributed by atoms with van der Waals surface area (Å²) < 4.78 is 34.1. The molecule has 1 aliphatic rings. The largest absolute Gasteiger partial charge is 0.472 e. The zero-order chi connectivity index (χ0) is 40.6. The molecule has 12 nitrogen and oxygen atoms in total. The molecular formula is C42H83O12P. The van der Waals surface area contributed by atoms with Gasteiger partial charge in [-0.15, -0.1) is 0 Å². The highest BCUT2D eigenvalue weighted by Gasteiger charge is 2.51. The summed E-state index contributed by atoms with van der Waals surface area (Å²) in [6.07, 6.45) is 21.7. The van der Waals surface area contributed by atoms with Gasteiger partial charge in [0, 0.05) is 13.0 Å². The van der Waals surface area contributed by atoms with Crippen molar-refractivity contribution < 1.29 is 58.3 Å². The van der Waals surface area contributed by atoms with Crippen LogP contribution in [-0.2, 0) is 27.9 Å². The highest BCUT2D eigenvalue weighted by molar-refractivity contribution is 7.47. The number of carbonyl (C=O) groups is 1. The van der Waals surface area contributed by atoms with Crippen LogP contribution in [0.5, 0.6) is 0 Å². The van der Waals surface area contributed by atoms with Gasteiger partial charge in [-0.2, -0.15) is 0 Å². The topological polar surface area (TPSA) is 192 Å². The summed E-state index contributed by atoms with van der Waals surface area (Å²) in [5.41, 5.74) is 0. The van der Waals surface area contributed by atoms with Gasteiger partial charge in [0.05, 0.1) is 13.2 Å². The molecule has 1 fully saturated rings. The van der Waals surface area contributed by atoms with Crippen molar-refractivity contribution in [3.8, 4) is 0 Å². The second-order valence-electron chi connectivity index (χ2n) is 15.9. The number of carbonyl (C=O) groups excluding carboxylic acids is 1. The van der Waals surface area contributed by atoms with Crippen LogP contribution in [0, 0.1) is 0 Å². The number of hydrogen-bond donors (Lipinski definition) is 6. The fraction of sp³-hybridized carbons (Fsp3) is 0.976. The van der Waals surface area contributed by atoms with Crippen LogP contribution in [0.15, 0.2) is 0 Å². The first-order valence-corrected chi connectivity index (χ1v) is 23.9. The van der Waals surface area contributed by atoms with E-state index < -0.39 is 63.1 Å². The Hall–Kier alpha value is -0.660. The summed E-state index contributed by atoms with van der Waals surface area (Å²) >= 11 is 0. The molecule has 1 saturated carbocycles. The van der Waals surface area contributed by atoms with Gasteiger partial charge in [-0.1, -0.05) is 181 Å². The zero-order valence-corrected chi connectivity index (χ0v) is 35.6. The van der Waals surface area contributed by atoms with Crippen LogP contribution >= 0.6 is 7.82 Å². The minimum absolute atomic E-state index is 0.0682. The van der Waals surface area contributed by atoms with Crippen LogP contribution in [0.25, 0.3) is 0 Å². The van der Waals surface area contributed by atoms with E-state index >= 15 is 0 Å². The van der Waals surface area contributed by atoms with Crippen LogP contribution in [0.3, 0.4) is 0 Å². The number of phosphoric acid groups is 1. The normalized spacial score (nSPS) is 23.1. The number of esters is 1. The van der Waals surface area contributed by atoms with E-state index in [2.05, 4.69) is 13.8 Å². The van der Waals surface area contributed by atoms with Crippen LogP contribution in [-0.4, -0.2) is 98.9 Å². The van der Waals surface area contributed by atoms with E-state index in [0.717, 1.165) is 38.5 Å². The number of unbranched alkanes of at least 4 members (excludes halogenated alkanes) is 26. The molecular weight excluding hydrogens is 727 g/mol. The summed E-state index contributed by atoms with van der Waals surface area (Å²) in [5.74, 6) is -0.473. The maximum atomic E-state index is 12.8. The molecule has 8 atom stereocenters. The maximum Gasteiger partial charge on any atom is 0.472 e. The molecule has 0 aromatic carbocycles. The van der Waals surface area contributed by atoms with Crippen molar-refractivity contribution in [2.75, 3.05) is 19.8 Å². The second-order valence-corrected chi connectivity index (χ2v) is 17.3. The Kier molecular flexibility index (Phi) is 32.6. The van der Waals surface area contributed by atoms with Gasteiger partial charge < -0.3 is 39.9 Å². The fourth-order valence-electron chi connectivity index (χ4n) is 7.12. The molecule has 0 heterocycles. The number of hydrogen-bond acceptors (Lipinski definition) is 11. The van der Waals surface area contributed by atoms with Gasteiger partial charge in [-0.05, 0) is 12.8 Å². The van der Waals surface area contributed by atoms with Gasteiger partial charge >= 0.3 is 13.8 Å². The zero-order valence-electron chi connectivity index (χ0n) is 34.7. The molecule has 0 bridgehead atoms. The van der Waals surface area contributed by atoms with E-state index in [9.17, 15) is 39.8 Å². The van der Waals surface area contributed by atoms with Gasteiger partial charge in [0.25, 0.3) is 0 Å². The van der Waals surface area contributed by atoms with E-state index in [1.54, 1.807) is 0 Å². The number of aliphatic hydroxyl groups excluding tert-OH is 5. The third kappa shape index (κ3) is 26.9. The van der Waals surface area contributed by atoms with Crippen molar-refractivity contribution in [2.24, 2.45) is 0 Å². The SMILES string of the molecule is CCCCCCCCCCCCCCCCOC[C@H](COP(=O)(O)OC1C(O)C(O)C(O)[C@@H](O)C1O)OC(=O)CCCCCCCCCCCCCCCC. The first-order chi connectivity index (χ1) is 26.5. The van der Waals surface area contributed by atoms with Gasteiger partial charge in [0.15, 0.2) is 0 Å². The Morgan fingerprint density at radius 2 is 0.855 bits per heavy atom. The Balaban J connectivity index is 2.40. The summed E-state index contributed by atoms with van der Waals surface area (Å²) in [6.45, 7) is 4.28. The van der Waals surface area contributed by atoms with Crippen molar-refractivity contribution in [1.29, 1.82) is 0 Å². The Morgan fingerprint density at radius 3 is 1.25 bits per heavy atom. The molecule has 0 aromatic heterocycles. The molecule has 0 aromatic rings. The molecule has 55 heavy (non-hydrogen) atoms. The molecule has 0 amide bonds. The molecule has 328 valence electrons. The average molecular weight is 811 g/mol. The van der Waals surface area contributed by atoms with Gasteiger partial charge in [-0.25, -0.2) is 4.57 Å². The standard InChI is InChI=1S/C42H83O12P/c1-3-5-7-9-11-13-15-17-19-21-23-25-27-29-31-36(43)53-35(33-51-32-30-28-26-24-22-20-18-16-14-12-10-8-6-4-2)34-52-55(49,50)54-42-40(47)38(45)37(44)39(46)41(42)48/h35,37-42,44-48H,3-34H2,1-2H3,(H,49,50)/t35-,37?,38-,39?,40?,41?,42?/m1/s1. The van der Waals surface area contributed by atoms with Gasteiger partial charge in [0.2, 0.25) is 0 Å². The van der Waals surface area contributed by atoms with E-state index in [0.29, 0.717) is 13.0 Å². The van der Waals surface area contributed by atoms with Gasteiger partial charge in [-0.3, -0.25) is 13.8 Å². The molecule has 1 rings (SSSR count). The predicted molar refractivity (Wildman–Crippen MR) is 217 cm³/mol. The smallest absolute Gasteiger partial charge is 0.457 e. The number of ether oxygens (including phenoxy) is 2. The van der Waals surface area contributed by atoms with Crippen molar-refractivity contribution in [2.45, 2.75) is 243 Å². The van der Waals surface area contributed by atoms with E-state index in [1.165, 1.54) is 135 Å². The highest BCUT2D eigenvalue weighted by atomic mass is 31.2. The summed E-state index contributed by atoms with van der Waals surface area (Å²) in [7, 11) is -5.01. The molecule has 13 heteroatoms. The lowest BCUT2D eigenvalue weighted by atomic mass is 9.85. The van der Waals surface area contributed by atoms with Crippen molar-refractivity contribution in [3.63, 3.8) is 0 Å². The summed E-state index contributed by atoms with van der Waals surface area (Å²) in [4.78, 5) is 23.1. The summed E-state index contributed by atoms with van der Waals surface area (Å²) in [5, 5.41) is 50.1. The lowest BCUT2D eigenvalue weighted by Gasteiger charge is -2.41. The fourth-order valence-corrected chi connectivity index (χ4v) is 8.09. The monoisotopic (exact) mass is 811 g/mol. The van der Waals surface area contributed by atoms with E-state index in [1.807, 2.05) is 0 Å². The second kappa shape index (κ2) is 34.2. The van der Waals surface area contributed by atoms with E-state index in [-0.39, 0.29) is 13.0 Å². The number of aliphatic hydroxyl groups is 5. The van der Waals surface area contributed by atoms with Crippen LogP contribution in [0.2, 0.25) is 0 Å². The van der Waals surface area contributed by atoms with Crippen molar-refractivity contribution in [1.82, 2.24) is 0 Å². The predicted octanol–water partition coefficient (Wildman–Crippen LogP) is 8.59.